The van der Waals surface area contributed by atoms with Crippen LogP contribution in [0, 0.1) is 0 Å². The van der Waals surface area contributed by atoms with Crippen LogP contribution in [0.5, 0.6) is 0 Å². The zero-order valence-electron chi connectivity index (χ0n) is 15.4. The number of rotatable bonds is 6. The summed E-state index contributed by atoms with van der Waals surface area (Å²) in [6.07, 6.45) is -14.4. The number of hydrogen-bond acceptors (Lipinski definition) is 11. The Morgan fingerprint density at radius 1 is 0.893 bits per heavy atom. The van der Waals surface area contributed by atoms with Gasteiger partial charge < -0.3 is 54.5 Å². The van der Waals surface area contributed by atoms with Crippen LogP contribution in [0.1, 0.15) is 6.92 Å². The fraction of sp³-hybridized carbons (Fsp3) is 0.867. The van der Waals surface area contributed by atoms with E-state index in [2.05, 4.69) is 5.32 Å². The monoisotopic (exact) mass is 411 g/mol. The molecule has 2 saturated heterocycles. The second-order valence-corrected chi connectivity index (χ2v) is 6.39. The summed E-state index contributed by atoms with van der Waals surface area (Å²) in [4.78, 5) is 22.9. The van der Waals surface area contributed by atoms with Gasteiger partial charge in [-0.05, 0) is 0 Å². The van der Waals surface area contributed by atoms with Crippen LogP contribution in [-0.4, -0.2) is 113 Å². The van der Waals surface area contributed by atoms with Gasteiger partial charge in [0.05, 0.1) is 0 Å². The molecular formula is C15H25NO12. The average Bonchev–Trinajstić information content (AvgIpc) is 2.63. The SMILES string of the molecule is COC1OC(O)C(O)C(OC2OC(C(=O)O)C(OC)C(O)C2O)C1NC(C)=O. The Kier molecular flexibility index (Phi) is 7.66. The van der Waals surface area contributed by atoms with Crippen molar-refractivity contribution in [3.05, 3.63) is 0 Å². The number of carboxylic acids is 1. The number of ether oxygens (including phenoxy) is 5. The minimum absolute atomic E-state index is 0.541. The van der Waals surface area contributed by atoms with E-state index in [1.54, 1.807) is 0 Å². The molecule has 10 unspecified atom stereocenters. The Morgan fingerprint density at radius 2 is 1.54 bits per heavy atom. The number of carbonyl (C=O) groups is 2. The molecule has 0 spiro atoms. The van der Waals surface area contributed by atoms with Crippen molar-refractivity contribution < 1.29 is 58.8 Å². The highest BCUT2D eigenvalue weighted by atomic mass is 16.8. The highest BCUT2D eigenvalue weighted by Crippen LogP contribution is 2.29. The zero-order valence-corrected chi connectivity index (χ0v) is 15.4. The smallest absolute Gasteiger partial charge is 0.335 e. The molecule has 0 aromatic heterocycles. The van der Waals surface area contributed by atoms with Crippen molar-refractivity contribution in [2.75, 3.05) is 14.2 Å². The van der Waals surface area contributed by atoms with Gasteiger partial charge in [0, 0.05) is 21.1 Å². The van der Waals surface area contributed by atoms with Crippen LogP contribution in [0.3, 0.4) is 0 Å². The molecule has 0 bridgehead atoms. The number of aliphatic hydroxyl groups excluding tert-OH is 4. The van der Waals surface area contributed by atoms with Crippen LogP contribution in [0.15, 0.2) is 0 Å². The number of aliphatic hydroxyl groups is 4. The summed E-state index contributed by atoms with van der Waals surface area (Å²) in [5.41, 5.74) is 0. The first-order valence-corrected chi connectivity index (χ1v) is 8.36. The molecule has 0 aliphatic carbocycles. The van der Waals surface area contributed by atoms with Crippen molar-refractivity contribution in [1.29, 1.82) is 0 Å². The van der Waals surface area contributed by atoms with Crippen LogP contribution in [0.25, 0.3) is 0 Å². The number of carboxylic acid groups (broad SMARTS) is 1. The van der Waals surface area contributed by atoms with Gasteiger partial charge in [0.2, 0.25) is 5.91 Å². The maximum Gasteiger partial charge on any atom is 0.335 e. The number of carbonyl (C=O) groups excluding carboxylic acids is 1. The third-order valence-corrected chi connectivity index (χ3v) is 4.50. The quantitative estimate of drug-likeness (QED) is 0.249. The maximum absolute atomic E-state index is 11.5. The summed E-state index contributed by atoms with van der Waals surface area (Å²) >= 11 is 0. The lowest BCUT2D eigenvalue weighted by molar-refractivity contribution is -0.357. The van der Waals surface area contributed by atoms with Crippen LogP contribution in [0.2, 0.25) is 0 Å². The van der Waals surface area contributed by atoms with Crippen molar-refractivity contribution in [1.82, 2.24) is 5.32 Å². The third-order valence-electron chi connectivity index (χ3n) is 4.50. The zero-order chi connectivity index (χ0) is 21.2. The van der Waals surface area contributed by atoms with Gasteiger partial charge in [0.25, 0.3) is 0 Å². The van der Waals surface area contributed by atoms with Crippen molar-refractivity contribution in [3.63, 3.8) is 0 Å². The first kappa shape index (κ1) is 22.9. The lowest BCUT2D eigenvalue weighted by Crippen LogP contribution is -2.67. The molecule has 28 heavy (non-hydrogen) atoms. The molecular weight excluding hydrogens is 386 g/mol. The Hall–Kier alpha value is -1.42. The predicted molar refractivity (Wildman–Crippen MR) is 85.5 cm³/mol. The molecule has 0 saturated carbocycles. The van der Waals surface area contributed by atoms with Gasteiger partial charge in [-0.2, -0.15) is 0 Å². The van der Waals surface area contributed by atoms with Gasteiger partial charge in [-0.1, -0.05) is 0 Å². The molecule has 13 nitrogen and oxygen atoms in total. The molecule has 2 aliphatic rings. The van der Waals surface area contributed by atoms with Gasteiger partial charge in [-0.3, -0.25) is 4.79 Å². The molecule has 162 valence electrons. The fourth-order valence-electron chi connectivity index (χ4n) is 3.15. The number of nitrogens with one attached hydrogen (secondary N) is 1. The van der Waals surface area contributed by atoms with E-state index < -0.39 is 73.4 Å². The molecule has 2 heterocycles. The van der Waals surface area contributed by atoms with E-state index in [0.717, 1.165) is 7.11 Å². The highest BCUT2D eigenvalue weighted by molar-refractivity contribution is 5.73. The summed E-state index contributed by atoms with van der Waals surface area (Å²) in [5.74, 6) is -2.02. The van der Waals surface area contributed by atoms with Gasteiger partial charge >= 0.3 is 5.97 Å². The standard InChI is InChI=1S/C15H25NO12/c1-4(17)16-5-9(8(20)13(23)28-14(5)25-3)26-15-7(19)6(18)10(24-2)11(27-15)12(21)22/h5-11,13-15,18-20,23H,1-3H3,(H,16,17)(H,21,22). The van der Waals surface area contributed by atoms with E-state index in [1.807, 2.05) is 0 Å². The largest absolute Gasteiger partial charge is 0.479 e. The Bertz CT molecular complexity index is 561. The van der Waals surface area contributed by atoms with Gasteiger partial charge in [0.1, 0.15) is 36.6 Å². The van der Waals surface area contributed by atoms with Crippen molar-refractivity contribution in [2.45, 2.75) is 68.5 Å². The van der Waals surface area contributed by atoms with E-state index in [-0.39, 0.29) is 0 Å². The predicted octanol–water partition coefficient (Wildman–Crippen LogP) is -3.90. The molecule has 6 N–H and O–H groups in total. The molecule has 2 fully saturated rings. The Labute approximate surface area is 159 Å². The van der Waals surface area contributed by atoms with E-state index in [9.17, 15) is 35.1 Å². The maximum atomic E-state index is 11.5. The summed E-state index contributed by atoms with van der Waals surface area (Å²) in [6.45, 7) is 1.18. The summed E-state index contributed by atoms with van der Waals surface area (Å²) in [7, 11) is 2.36. The van der Waals surface area contributed by atoms with Gasteiger partial charge in [-0.25, -0.2) is 4.79 Å². The number of methoxy groups -OCH3 is 2. The number of amides is 1. The first-order valence-electron chi connectivity index (χ1n) is 8.36. The van der Waals surface area contributed by atoms with E-state index in [1.165, 1.54) is 14.0 Å². The Balaban J connectivity index is 2.27. The third kappa shape index (κ3) is 4.59. The topological polar surface area (TPSA) is 193 Å². The summed E-state index contributed by atoms with van der Waals surface area (Å²) in [5, 5.41) is 52.2. The normalized spacial score (nSPS) is 44.1. The molecule has 13 heteroatoms. The van der Waals surface area contributed by atoms with E-state index in [4.69, 9.17) is 23.7 Å². The van der Waals surface area contributed by atoms with E-state index in [0.29, 0.717) is 0 Å². The van der Waals surface area contributed by atoms with Crippen LogP contribution < -0.4 is 5.32 Å². The molecule has 1 amide bonds. The van der Waals surface area contributed by atoms with Gasteiger partial charge in [-0.15, -0.1) is 0 Å². The first-order chi connectivity index (χ1) is 13.1. The van der Waals surface area contributed by atoms with Crippen molar-refractivity contribution in [2.24, 2.45) is 0 Å². The fourth-order valence-corrected chi connectivity index (χ4v) is 3.15. The molecule has 0 aromatic carbocycles. The molecule has 2 aliphatic heterocycles. The molecule has 2 rings (SSSR count). The van der Waals surface area contributed by atoms with Crippen LogP contribution >= 0.6 is 0 Å². The lowest BCUT2D eigenvalue weighted by atomic mass is 9.97. The van der Waals surface area contributed by atoms with Crippen molar-refractivity contribution >= 4 is 11.9 Å². The van der Waals surface area contributed by atoms with Crippen LogP contribution in [-0.2, 0) is 33.3 Å². The lowest BCUT2D eigenvalue weighted by Gasteiger charge is -2.46. The number of hydrogen-bond donors (Lipinski definition) is 6. The second kappa shape index (κ2) is 9.39. The summed E-state index contributed by atoms with van der Waals surface area (Å²) in [6, 6.07) is -1.16. The van der Waals surface area contributed by atoms with Gasteiger partial charge in [0.15, 0.2) is 25.0 Å². The average molecular weight is 411 g/mol. The minimum atomic E-state index is -1.77. The van der Waals surface area contributed by atoms with Crippen LogP contribution in [0.4, 0.5) is 0 Å². The Morgan fingerprint density at radius 3 is 2.04 bits per heavy atom. The highest BCUT2D eigenvalue weighted by Gasteiger charge is 2.53. The molecule has 10 atom stereocenters. The molecule has 0 radical (unpaired) electrons. The second-order valence-electron chi connectivity index (χ2n) is 6.39. The summed E-state index contributed by atoms with van der Waals surface area (Å²) < 4.78 is 25.6. The minimum Gasteiger partial charge on any atom is -0.479 e. The van der Waals surface area contributed by atoms with E-state index >= 15 is 0 Å². The van der Waals surface area contributed by atoms with Crippen molar-refractivity contribution in [3.8, 4) is 0 Å². The number of aliphatic carboxylic acids is 1. The molecule has 0 aromatic rings.